The van der Waals surface area contributed by atoms with Crippen LogP contribution in [0.5, 0.6) is 5.75 Å². The van der Waals surface area contributed by atoms with Crippen LogP contribution in [0, 0.1) is 17.8 Å². The first-order valence-electron chi connectivity index (χ1n) is 12.1. The van der Waals surface area contributed by atoms with Crippen LogP contribution in [0.1, 0.15) is 38.7 Å². The van der Waals surface area contributed by atoms with Crippen LogP contribution in [0.2, 0.25) is 0 Å². The molecule has 0 saturated carbocycles. The number of imide groups is 1. The lowest BCUT2D eigenvalue weighted by atomic mass is 9.82. The van der Waals surface area contributed by atoms with Gasteiger partial charge in [0.2, 0.25) is 17.7 Å². The van der Waals surface area contributed by atoms with E-state index in [9.17, 15) is 19.2 Å². The summed E-state index contributed by atoms with van der Waals surface area (Å²) in [5, 5.41) is 0. The largest absolute Gasteiger partial charge is 0.426 e. The molecule has 2 aliphatic heterocycles. The number of anilines is 2. The fraction of sp³-hybridized carbons (Fsp3) is 0.357. The molecule has 0 unspecified atom stereocenters. The van der Waals surface area contributed by atoms with E-state index in [-0.39, 0.29) is 42.5 Å². The van der Waals surface area contributed by atoms with Gasteiger partial charge in [-0.3, -0.25) is 24.1 Å². The van der Waals surface area contributed by atoms with E-state index >= 15 is 0 Å². The average Bonchev–Trinajstić information content (AvgIpc) is 3.36. The molecule has 7 heteroatoms. The van der Waals surface area contributed by atoms with Crippen molar-refractivity contribution in [2.24, 2.45) is 17.8 Å². The molecule has 5 rings (SSSR count). The van der Waals surface area contributed by atoms with Gasteiger partial charge in [-0.15, -0.1) is 0 Å². The molecule has 2 heterocycles. The van der Waals surface area contributed by atoms with Crippen LogP contribution in [-0.4, -0.2) is 30.2 Å². The van der Waals surface area contributed by atoms with Gasteiger partial charge in [0.05, 0.1) is 23.4 Å². The quantitative estimate of drug-likeness (QED) is 0.284. The van der Waals surface area contributed by atoms with Crippen molar-refractivity contribution >= 4 is 35.1 Å². The highest BCUT2D eigenvalue weighted by molar-refractivity contribution is 6.22. The smallest absolute Gasteiger partial charge is 0.316 e. The Bertz CT molecular complexity index is 1230. The molecule has 7 nitrogen and oxygen atoms in total. The number of ether oxygens (including phenoxy) is 1. The Morgan fingerprint density at radius 1 is 0.971 bits per heavy atom. The van der Waals surface area contributed by atoms with Gasteiger partial charge in [-0.2, -0.15) is 0 Å². The first-order valence-corrected chi connectivity index (χ1v) is 12.1. The zero-order chi connectivity index (χ0) is 24.7. The maximum absolute atomic E-state index is 12.9. The number of hydrogen-bond donors (Lipinski definition) is 0. The fourth-order valence-corrected chi connectivity index (χ4v) is 5.33. The lowest BCUT2D eigenvalue weighted by Gasteiger charge is -2.19. The van der Waals surface area contributed by atoms with E-state index in [2.05, 4.69) is 0 Å². The number of nitrogens with zero attached hydrogens (tertiary/aromatic N) is 2. The third-order valence-electron chi connectivity index (χ3n) is 7.26. The fourth-order valence-electron chi connectivity index (χ4n) is 5.33. The van der Waals surface area contributed by atoms with Crippen molar-refractivity contribution in [3.63, 3.8) is 0 Å². The van der Waals surface area contributed by atoms with E-state index in [1.807, 2.05) is 44.2 Å². The number of para-hydroxylation sites is 1. The van der Waals surface area contributed by atoms with Gasteiger partial charge in [-0.1, -0.05) is 36.8 Å². The molecular weight excluding hydrogens is 444 g/mol. The van der Waals surface area contributed by atoms with Crippen LogP contribution in [0.4, 0.5) is 11.4 Å². The second kappa shape index (κ2) is 9.13. The third-order valence-corrected chi connectivity index (χ3v) is 7.26. The highest BCUT2D eigenvalue weighted by Crippen LogP contribution is 2.40. The molecule has 180 valence electrons. The predicted octanol–water partition coefficient (Wildman–Crippen LogP) is 4.05. The molecule has 2 aromatic carbocycles. The Morgan fingerprint density at radius 3 is 2.43 bits per heavy atom. The Labute approximate surface area is 204 Å². The molecule has 0 spiro atoms. The minimum absolute atomic E-state index is 0.0968. The van der Waals surface area contributed by atoms with Crippen molar-refractivity contribution in [2.45, 2.75) is 39.5 Å². The van der Waals surface area contributed by atoms with Gasteiger partial charge in [-0.25, -0.2) is 0 Å². The first-order chi connectivity index (χ1) is 16.9. The van der Waals surface area contributed by atoms with Gasteiger partial charge in [0.1, 0.15) is 5.75 Å². The minimum Gasteiger partial charge on any atom is -0.426 e. The molecule has 0 N–H and O–H groups in total. The van der Waals surface area contributed by atoms with Gasteiger partial charge in [0.15, 0.2) is 0 Å². The van der Waals surface area contributed by atoms with Gasteiger partial charge in [-0.05, 0) is 62.1 Å². The van der Waals surface area contributed by atoms with E-state index in [0.717, 1.165) is 23.2 Å². The second-order valence-electron chi connectivity index (χ2n) is 9.52. The average molecular weight is 473 g/mol. The molecule has 0 radical (unpaired) electrons. The lowest BCUT2D eigenvalue weighted by Crippen LogP contribution is -2.30. The van der Waals surface area contributed by atoms with Crippen LogP contribution < -0.4 is 14.5 Å². The summed E-state index contributed by atoms with van der Waals surface area (Å²) in [5.41, 5.74) is 3.51. The standard InChI is InChI=1S/C28H28N2O5/c1-3-18-6-4-5-7-24(18)29-16-19(15-25(29)31)28(34)35-21-11-9-20(10-12-21)30-26(32)22-13-8-17(2)14-23(22)27(30)33/h4-12,19,22-23H,3,13-16H2,1-2H3/t19-,22-,23+/m1/s1. The number of benzene rings is 2. The summed E-state index contributed by atoms with van der Waals surface area (Å²) in [5.74, 6) is -1.76. The SMILES string of the molecule is CCc1ccccc1N1C[C@H](C(=O)Oc2ccc(N3C(=O)[C@H]4CC(C)=CC[C@H]4C3=O)cc2)CC1=O. The summed E-state index contributed by atoms with van der Waals surface area (Å²) < 4.78 is 5.55. The Morgan fingerprint density at radius 2 is 1.69 bits per heavy atom. The topological polar surface area (TPSA) is 84.0 Å². The summed E-state index contributed by atoms with van der Waals surface area (Å²) in [6.45, 7) is 4.29. The Kier molecular flexibility index (Phi) is 6.01. The molecule has 0 bridgehead atoms. The number of fused-ring (bicyclic) bond motifs is 1. The Hall–Kier alpha value is -3.74. The van der Waals surface area contributed by atoms with Crippen molar-refractivity contribution in [3.05, 3.63) is 65.7 Å². The van der Waals surface area contributed by atoms with E-state index in [0.29, 0.717) is 24.3 Å². The minimum atomic E-state index is -0.562. The second-order valence-corrected chi connectivity index (χ2v) is 9.52. The highest BCUT2D eigenvalue weighted by Gasteiger charge is 2.48. The monoisotopic (exact) mass is 472 g/mol. The zero-order valence-corrected chi connectivity index (χ0v) is 19.9. The highest BCUT2D eigenvalue weighted by atomic mass is 16.5. The number of aryl methyl sites for hydroxylation is 1. The maximum Gasteiger partial charge on any atom is 0.316 e. The summed E-state index contributed by atoms with van der Waals surface area (Å²) in [7, 11) is 0. The number of amides is 3. The number of rotatable bonds is 5. The number of allylic oxidation sites excluding steroid dienone is 2. The third kappa shape index (κ3) is 4.16. The van der Waals surface area contributed by atoms with Crippen LogP contribution >= 0.6 is 0 Å². The van der Waals surface area contributed by atoms with E-state index < -0.39 is 11.9 Å². The molecule has 1 aliphatic carbocycles. The zero-order valence-electron chi connectivity index (χ0n) is 19.9. The van der Waals surface area contributed by atoms with Gasteiger partial charge in [0.25, 0.3) is 0 Å². The van der Waals surface area contributed by atoms with E-state index in [1.54, 1.807) is 29.2 Å². The van der Waals surface area contributed by atoms with Crippen molar-refractivity contribution in [2.75, 3.05) is 16.3 Å². The summed E-state index contributed by atoms with van der Waals surface area (Å²) in [6, 6.07) is 14.1. The normalized spacial score (nSPS) is 24.0. The molecule has 3 aliphatic rings. The lowest BCUT2D eigenvalue weighted by molar-refractivity contribution is -0.139. The van der Waals surface area contributed by atoms with Crippen molar-refractivity contribution in [3.8, 4) is 5.75 Å². The Balaban J connectivity index is 1.25. The van der Waals surface area contributed by atoms with E-state index in [1.165, 1.54) is 4.90 Å². The molecule has 3 atom stereocenters. The molecule has 2 aromatic rings. The van der Waals surface area contributed by atoms with Crippen LogP contribution in [0.3, 0.4) is 0 Å². The van der Waals surface area contributed by atoms with Crippen molar-refractivity contribution < 1.29 is 23.9 Å². The van der Waals surface area contributed by atoms with Gasteiger partial charge >= 0.3 is 5.97 Å². The molecular formula is C28H28N2O5. The molecule has 2 fully saturated rings. The van der Waals surface area contributed by atoms with Crippen LogP contribution in [-0.2, 0) is 25.6 Å². The summed E-state index contributed by atoms with van der Waals surface area (Å²) in [6.07, 6.45) is 4.13. The molecule has 35 heavy (non-hydrogen) atoms. The number of hydrogen-bond acceptors (Lipinski definition) is 5. The molecule has 0 aromatic heterocycles. The maximum atomic E-state index is 12.9. The first kappa shape index (κ1) is 23.0. The van der Waals surface area contributed by atoms with Gasteiger partial charge < -0.3 is 9.64 Å². The summed E-state index contributed by atoms with van der Waals surface area (Å²) >= 11 is 0. The van der Waals surface area contributed by atoms with E-state index in [4.69, 9.17) is 4.74 Å². The molecule has 3 amide bonds. The van der Waals surface area contributed by atoms with Crippen LogP contribution in [0.15, 0.2) is 60.2 Å². The van der Waals surface area contributed by atoms with Crippen molar-refractivity contribution in [1.82, 2.24) is 0 Å². The summed E-state index contributed by atoms with van der Waals surface area (Å²) in [4.78, 5) is 54.2. The number of carbonyl (C=O) groups is 4. The van der Waals surface area contributed by atoms with Crippen molar-refractivity contribution in [1.29, 1.82) is 0 Å². The number of carbonyl (C=O) groups excluding carboxylic acids is 4. The molecule has 2 saturated heterocycles. The predicted molar refractivity (Wildman–Crippen MR) is 131 cm³/mol. The van der Waals surface area contributed by atoms with Gasteiger partial charge in [0, 0.05) is 18.7 Å². The number of esters is 1. The van der Waals surface area contributed by atoms with Crippen LogP contribution in [0.25, 0.3) is 0 Å².